The van der Waals surface area contributed by atoms with Crippen molar-refractivity contribution < 1.29 is 9.31 Å². The monoisotopic (exact) mass is 411 g/mol. The van der Waals surface area contributed by atoms with E-state index >= 15 is 0 Å². The van der Waals surface area contributed by atoms with E-state index in [-0.39, 0.29) is 0 Å². The van der Waals surface area contributed by atoms with Gasteiger partial charge >= 0.3 is 7.12 Å². The zero-order valence-corrected chi connectivity index (χ0v) is 18.3. The Morgan fingerprint density at radius 2 is 1.37 bits per heavy atom. The third-order valence-electron chi connectivity index (χ3n) is 6.70. The molecule has 1 aliphatic heterocycles. The fraction of sp³-hybridized carbons (Fsp3) is 0.240. The molecule has 1 saturated heterocycles. The highest BCUT2D eigenvalue weighted by Crippen LogP contribution is 2.40. The number of rotatable bonds is 1. The maximum absolute atomic E-state index is 6.41. The topological polar surface area (TPSA) is 31.4 Å². The largest absolute Gasteiger partial charge is 0.515 e. The van der Waals surface area contributed by atoms with Crippen molar-refractivity contribution in [3.05, 3.63) is 60.7 Å². The van der Waals surface area contributed by atoms with Crippen LogP contribution in [0.4, 0.5) is 0 Å². The van der Waals surface area contributed by atoms with Crippen molar-refractivity contribution in [1.82, 2.24) is 4.98 Å². The third-order valence-corrected chi connectivity index (χ3v) is 7.84. The van der Waals surface area contributed by atoms with Gasteiger partial charge in [0, 0.05) is 30.9 Å². The molecule has 5 heteroatoms. The van der Waals surface area contributed by atoms with E-state index in [0.717, 1.165) is 21.9 Å². The summed E-state index contributed by atoms with van der Waals surface area (Å²) in [6.07, 6.45) is 0. The molecule has 30 heavy (non-hydrogen) atoms. The van der Waals surface area contributed by atoms with Crippen LogP contribution in [0.15, 0.2) is 60.7 Å². The zero-order valence-electron chi connectivity index (χ0n) is 17.5. The number of thiophene rings is 1. The molecule has 0 aliphatic carbocycles. The molecule has 148 valence electrons. The van der Waals surface area contributed by atoms with Gasteiger partial charge in [-0.25, -0.2) is 0 Å². The van der Waals surface area contributed by atoms with Gasteiger partial charge in [-0.2, -0.15) is 0 Å². The fourth-order valence-corrected chi connectivity index (χ4v) is 5.46. The van der Waals surface area contributed by atoms with E-state index < -0.39 is 18.3 Å². The number of pyridine rings is 1. The second-order valence-electron chi connectivity index (χ2n) is 9.09. The summed E-state index contributed by atoms with van der Waals surface area (Å²) >= 11 is 1.84. The minimum absolute atomic E-state index is 0.406. The van der Waals surface area contributed by atoms with Crippen LogP contribution in [-0.2, 0) is 9.31 Å². The summed E-state index contributed by atoms with van der Waals surface area (Å²) in [6, 6.07) is 21.5. The Morgan fingerprint density at radius 1 is 0.700 bits per heavy atom. The van der Waals surface area contributed by atoms with Gasteiger partial charge in [0.15, 0.2) is 0 Å². The van der Waals surface area contributed by atoms with Crippen LogP contribution in [0.3, 0.4) is 0 Å². The molecule has 0 amide bonds. The zero-order chi connectivity index (χ0) is 20.7. The Labute approximate surface area is 179 Å². The van der Waals surface area contributed by atoms with Crippen LogP contribution < -0.4 is 5.59 Å². The van der Waals surface area contributed by atoms with Gasteiger partial charge in [-0.1, -0.05) is 36.4 Å². The molecule has 0 spiro atoms. The highest BCUT2D eigenvalue weighted by atomic mass is 32.1. The van der Waals surface area contributed by atoms with E-state index in [1.54, 1.807) is 0 Å². The Bertz CT molecular complexity index is 1450. The standard InChI is InChI=1S/C25H22BNO2S/c1-24(2)25(3,4)29-26(28-24)23-19-13-18-16-10-6-8-12-21(16)30-22(18)14-17(19)15-9-5-7-11-20(15)27-23/h5-14H,1-4H3. The van der Waals surface area contributed by atoms with E-state index in [1.807, 2.05) is 17.4 Å². The summed E-state index contributed by atoms with van der Waals surface area (Å²) < 4.78 is 15.4. The van der Waals surface area contributed by atoms with Crippen molar-refractivity contribution in [2.24, 2.45) is 0 Å². The summed E-state index contributed by atoms with van der Waals surface area (Å²) in [4.78, 5) is 5.04. The summed E-state index contributed by atoms with van der Waals surface area (Å²) in [5.74, 6) is 0. The number of para-hydroxylation sites is 1. The number of benzene rings is 3. The van der Waals surface area contributed by atoms with Crippen LogP contribution in [0.25, 0.3) is 41.8 Å². The maximum atomic E-state index is 6.41. The Kier molecular flexibility index (Phi) is 3.69. The molecule has 0 radical (unpaired) electrons. The quantitative estimate of drug-likeness (QED) is 0.248. The Hall–Kier alpha value is -2.47. The molecule has 1 fully saturated rings. The third kappa shape index (κ3) is 2.49. The van der Waals surface area contributed by atoms with Crippen molar-refractivity contribution in [3.8, 4) is 0 Å². The average Bonchev–Trinajstić information content (AvgIpc) is 3.18. The van der Waals surface area contributed by atoms with E-state index in [4.69, 9.17) is 14.3 Å². The number of aromatic nitrogens is 1. The van der Waals surface area contributed by atoms with Crippen LogP contribution >= 0.6 is 11.3 Å². The van der Waals surface area contributed by atoms with Crippen LogP contribution in [0.1, 0.15) is 27.7 Å². The predicted octanol–water partition coefficient (Wildman–Crippen LogP) is 6.06. The lowest BCUT2D eigenvalue weighted by atomic mass is 9.80. The first-order valence-corrected chi connectivity index (χ1v) is 11.1. The molecule has 1 aliphatic rings. The van der Waals surface area contributed by atoms with E-state index in [1.165, 1.54) is 25.6 Å². The van der Waals surface area contributed by atoms with E-state index in [0.29, 0.717) is 0 Å². The van der Waals surface area contributed by atoms with E-state index in [2.05, 4.69) is 82.3 Å². The molecule has 0 unspecified atom stereocenters. The van der Waals surface area contributed by atoms with Crippen molar-refractivity contribution in [2.45, 2.75) is 38.9 Å². The second kappa shape index (κ2) is 6.04. The second-order valence-corrected chi connectivity index (χ2v) is 10.2. The molecule has 5 aromatic rings. The maximum Gasteiger partial charge on any atom is 0.515 e. The Morgan fingerprint density at radius 3 is 2.13 bits per heavy atom. The lowest BCUT2D eigenvalue weighted by Crippen LogP contribution is -2.41. The SMILES string of the molecule is CC1(C)OB(c2nc3ccccc3c3cc4sc5ccccc5c4cc23)OC1(C)C. The fourth-order valence-electron chi connectivity index (χ4n) is 4.33. The first-order chi connectivity index (χ1) is 14.3. The Balaban J connectivity index is 1.71. The van der Waals surface area contributed by atoms with Gasteiger partial charge in [0.05, 0.1) is 22.3 Å². The number of nitrogens with zero attached hydrogens (tertiary/aromatic N) is 1. The molecular weight excluding hydrogens is 389 g/mol. The first kappa shape index (κ1) is 18.3. The summed E-state index contributed by atoms with van der Waals surface area (Å²) in [6.45, 7) is 8.34. The van der Waals surface area contributed by atoms with Crippen LogP contribution in [0.5, 0.6) is 0 Å². The number of hydrogen-bond donors (Lipinski definition) is 0. The van der Waals surface area contributed by atoms with Gasteiger partial charge < -0.3 is 9.31 Å². The van der Waals surface area contributed by atoms with Gasteiger partial charge in [0.1, 0.15) is 0 Å². The molecule has 3 heterocycles. The van der Waals surface area contributed by atoms with Crippen LogP contribution in [-0.4, -0.2) is 23.3 Å². The highest BCUT2D eigenvalue weighted by molar-refractivity contribution is 7.25. The average molecular weight is 411 g/mol. The normalized spacial score (nSPS) is 18.2. The highest BCUT2D eigenvalue weighted by Gasteiger charge is 2.52. The molecular formula is C25H22BNO2S. The van der Waals surface area contributed by atoms with Gasteiger partial charge in [-0.05, 0) is 57.3 Å². The molecule has 0 N–H and O–H groups in total. The molecule has 2 aromatic heterocycles. The summed E-state index contributed by atoms with van der Waals surface area (Å²) in [5.41, 5.74) is 1.02. The minimum Gasteiger partial charge on any atom is -0.398 e. The molecule has 0 bridgehead atoms. The van der Waals surface area contributed by atoms with Gasteiger partial charge in [0.25, 0.3) is 0 Å². The van der Waals surface area contributed by atoms with Crippen molar-refractivity contribution >= 4 is 65.9 Å². The van der Waals surface area contributed by atoms with Crippen LogP contribution in [0.2, 0.25) is 0 Å². The lowest BCUT2D eigenvalue weighted by Gasteiger charge is -2.32. The van der Waals surface area contributed by atoms with E-state index in [9.17, 15) is 0 Å². The molecule has 0 atom stereocenters. The van der Waals surface area contributed by atoms with Gasteiger partial charge in [0.2, 0.25) is 0 Å². The number of fused-ring (bicyclic) bond motifs is 6. The molecule has 3 nitrogen and oxygen atoms in total. The molecule has 6 rings (SSSR count). The minimum atomic E-state index is -0.496. The molecule has 3 aromatic carbocycles. The lowest BCUT2D eigenvalue weighted by molar-refractivity contribution is 0.00578. The van der Waals surface area contributed by atoms with Crippen molar-refractivity contribution in [3.63, 3.8) is 0 Å². The van der Waals surface area contributed by atoms with Crippen LogP contribution in [0, 0.1) is 0 Å². The van der Waals surface area contributed by atoms with Crippen molar-refractivity contribution in [2.75, 3.05) is 0 Å². The summed E-state index contributed by atoms with van der Waals surface area (Å²) in [5, 5.41) is 6.00. The van der Waals surface area contributed by atoms with Gasteiger partial charge in [-0.15, -0.1) is 11.3 Å². The number of hydrogen-bond acceptors (Lipinski definition) is 4. The smallest absolute Gasteiger partial charge is 0.398 e. The molecule has 0 saturated carbocycles. The van der Waals surface area contributed by atoms with Crippen molar-refractivity contribution in [1.29, 1.82) is 0 Å². The first-order valence-electron chi connectivity index (χ1n) is 10.3. The van der Waals surface area contributed by atoms with Gasteiger partial charge in [-0.3, -0.25) is 4.98 Å². The summed E-state index contributed by atoms with van der Waals surface area (Å²) in [7, 11) is -0.496. The predicted molar refractivity (Wildman–Crippen MR) is 128 cm³/mol.